The van der Waals surface area contributed by atoms with Crippen LogP contribution in [-0.2, 0) is 15.6 Å². The lowest BCUT2D eigenvalue weighted by atomic mass is 9.63. The summed E-state index contributed by atoms with van der Waals surface area (Å²) in [5, 5.41) is 9.20. The molecule has 1 aliphatic rings. The van der Waals surface area contributed by atoms with E-state index in [1.54, 1.807) is 30.3 Å². The third-order valence-electron chi connectivity index (χ3n) is 7.01. The number of carboxylic acids is 1. The van der Waals surface area contributed by atoms with Crippen LogP contribution in [0, 0.1) is 0 Å². The van der Waals surface area contributed by atoms with Crippen LogP contribution in [0.1, 0.15) is 72.4 Å². The Morgan fingerprint density at radius 3 is 1.82 bits per heavy atom. The zero-order valence-electron chi connectivity index (χ0n) is 19.9. The fraction of sp³-hybridized carbons (Fsp3) is 0.310. The first-order chi connectivity index (χ1) is 15.5. The van der Waals surface area contributed by atoms with Gasteiger partial charge in [-0.05, 0) is 87.4 Å². The Morgan fingerprint density at radius 2 is 1.24 bits per heavy atom. The van der Waals surface area contributed by atoms with Crippen LogP contribution < -0.4 is 0 Å². The number of hydrogen-bond donors (Lipinski definition) is 1. The number of hydrogen-bond acceptors (Lipinski definition) is 3. The van der Waals surface area contributed by atoms with Crippen LogP contribution in [0.3, 0.4) is 0 Å². The van der Waals surface area contributed by atoms with E-state index in [0.717, 1.165) is 35.1 Å². The number of methoxy groups -OCH3 is 1. The van der Waals surface area contributed by atoms with E-state index >= 15 is 0 Å². The van der Waals surface area contributed by atoms with Crippen molar-refractivity contribution in [1.82, 2.24) is 0 Å². The van der Waals surface area contributed by atoms with Gasteiger partial charge in [0.2, 0.25) is 0 Å². The molecule has 170 valence electrons. The molecule has 0 saturated carbocycles. The van der Waals surface area contributed by atoms with Gasteiger partial charge in [-0.15, -0.1) is 0 Å². The molecule has 0 aromatic heterocycles. The van der Waals surface area contributed by atoms with Gasteiger partial charge in [0.25, 0.3) is 0 Å². The summed E-state index contributed by atoms with van der Waals surface area (Å²) in [6.07, 6.45) is 2.28. The summed E-state index contributed by atoms with van der Waals surface area (Å²) >= 11 is 0. The first-order valence-electron chi connectivity index (χ1n) is 11.2. The van der Waals surface area contributed by atoms with Gasteiger partial charge in [0.05, 0.1) is 18.2 Å². The maximum Gasteiger partial charge on any atom is 0.337 e. The van der Waals surface area contributed by atoms with Crippen LogP contribution in [0.5, 0.6) is 0 Å². The molecule has 0 atom stereocenters. The van der Waals surface area contributed by atoms with Crippen LogP contribution >= 0.6 is 0 Å². The van der Waals surface area contributed by atoms with Crippen LogP contribution in [0.15, 0.2) is 60.7 Å². The minimum absolute atomic E-state index is 0.0797. The summed E-state index contributed by atoms with van der Waals surface area (Å²) in [5.41, 5.74) is 7.29. The average Bonchev–Trinajstić information content (AvgIpc) is 2.81. The Labute approximate surface area is 195 Å². The van der Waals surface area contributed by atoms with Crippen molar-refractivity contribution in [3.63, 3.8) is 0 Å². The molecule has 0 heterocycles. The van der Waals surface area contributed by atoms with Gasteiger partial charge >= 0.3 is 11.9 Å². The monoisotopic (exact) mass is 442 g/mol. The Balaban J connectivity index is 1.86. The number of carbonyl (C=O) groups is 2. The molecule has 0 aliphatic heterocycles. The van der Waals surface area contributed by atoms with E-state index in [1.165, 1.54) is 18.2 Å². The van der Waals surface area contributed by atoms with Crippen molar-refractivity contribution in [2.75, 3.05) is 7.11 Å². The number of carboxylic acid groups (broad SMARTS) is 1. The molecule has 33 heavy (non-hydrogen) atoms. The summed E-state index contributed by atoms with van der Waals surface area (Å²) in [5.74, 6) is -1.37. The molecule has 0 bridgehead atoms. The molecule has 1 aliphatic carbocycles. The van der Waals surface area contributed by atoms with Crippen LogP contribution in [0.25, 0.3) is 22.3 Å². The van der Waals surface area contributed by atoms with Crippen LogP contribution in [-0.4, -0.2) is 24.2 Å². The van der Waals surface area contributed by atoms with Gasteiger partial charge in [-0.3, -0.25) is 0 Å². The Bertz CT molecular complexity index is 1230. The number of benzene rings is 3. The van der Waals surface area contributed by atoms with E-state index in [-0.39, 0.29) is 16.4 Å². The number of carbonyl (C=O) groups excluding carboxylic acids is 1. The van der Waals surface area contributed by atoms with Crippen molar-refractivity contribution >= 4 is 11.9 Å². The first-order valence-corrected chi connectivity index (χ1v) is 11.2. The molecular formula is C29H30O4. The molecule has 0 radical (unpaired) electrons. The zero-order valence-corrected chi connectivity index (χ0v) is 19.9. The molecule has 0 fully saturated rings. The van der Waals surface area contributed by atoms with E-state index in [9.17, 15) is 14.7 Å². The number of rotatable bonds is 4. The van der Waals surface area contributed by atoms with E-state index < -0.39 is 11.9 Å². The second-order valence-electron chi connectivity index (χ2n) is 10.2. The second-order valence-corrected chi connectivity index (χ2v) is 10.2. The number of esters is 1. The van der Waals surface area contributed by atoms with Crippen LogP contribution in [0.4, 0.5) is 0 Å². The topological polar surface area (TPSA) is 63.6 Å². The standard InChI is InChI=1S/C29H30O4/c1-28(2)12-13-29(3,4)25-17-20(10-11-24(25)28)22-14-21(15-23(16-22)27(32)33-5)18-6-8-19(9-7-18)26(30)31/h6-11,14-17H,12-13H2,1-5H3,(H,30,31). The quantitative estimate of drug-likeness (QED) is 0.449. The highest BCUT2D eigenvalue weighted by atomic mass is 16.5. The molecule has 4 heteroatoms. The second kappa shape index (κ2) is 8.18. The third kappa shape index (κ3) is 4.30. The van der Waals surface area contributed by atoms with Crippen LogP contribution in [0.2, 0.25) is 0 Å². The molecule has 0 amide bonds. The number of aromatic carboxylic acids is 1. The van der Waals surface area contributed by atoms with Gasteiger partial charge in [-0.2, -0.15) is 0 Å². The fourth-order valence-electron chi connectivity index (χ4n) is 4.77. The lowest BCUT2D eigenvalue weighted by Gasteiger charge is -2.42. The molecule has 1 N–H and O–H groups in total. The predicted molar refractivity (Wildman–Crippen MR) is 131 cm³/mol. The fourth-order valence-corrected chi connectivity index (χ4v) is 4.77. The van der Waals surface area contributed by atoms with Crippen molar-refractivity contribution in [3.05, 3.63) is 82.9 Å². The van der Waals surface area contributed by atoms with E-state index in [0.29, 0.717) is 5.56 Å². The van der Waals surface area contributed by atoms with Crippen molar-refractivity contribution < 1.29 is 19.4 Å². The summed E-state index contributed by atoms with van der Waals surface area (Å²) < 4.78 is 5.00. The van der Waals surface area contributed by atoms with Crippen molar-refractivity contribution in [2.45, 2.75) is 51.4 Å². The minimum Gasteiger partial charge on any atom is -0.478 e. The van der Waals surface area contributed by atoms with Gasteiger partial charge in [-0.25, -0.2) is 9.59 Å². The maximum absolute atomic E-state index is 12.4. The van der Waals surface area contributed by atoms with Crippen molar-refractivity contribution in [2.24, 2.45) is 0 Å². The van der Waals surface area contributed by atoms with Gasteiger partial charge in [-0.1, -0.05) is 58.0 Å². The first kappa shape index (κ1) is 22.8. The summed E-state index contributed by atoms with van der Waals surface area (Å²) in [6, 6.07) is 19.0. The molecule has 0 spiro atoms. The van der Waals surface area contributed by atoms with Crippen molar-refractivity contribution in [3.8, 4) is 22.3 Å². The highest BCUT2D eigenvalue weighted by Crippen LogP contribution is 2.47. The SMILES string of the molecule is COC(=O)c1cc(-c2ccc(C(=O)O)cc2)cc(-c2ccc3c(c2)C(C)(C)CCC3(C)C)c1. The zero-order chi connectivity index (χ0) is 24.0. The Hall–Kier alpha value is -3.40. The molecule has 3 aromatic rings. The molecule has 4 nitrogen and oxygen atoms in total. The van der Waals surface area contributed by atoms with Gasteiger partial charge in [0, 0.05) is 0 Å². The van der Waals surface area contributed by atoms with Gasteiger partial charge in [0.1, 0.15) is 0 Å². The largest absolute Gasteiger partial charge is 0.478 e. The molecule has 0 saturated heterocycles. The van der Waals surface area contributed by atoms with Gasteiger partial charge in [0.15, 0.2) is 0 Å². The lowest BCUT2D eigenvalue weighted by molar-refractivity contribution is 0.0600. The summed E-state index contributed by atoms with van der Waals surface area (Å²) in [4.78, 5) is 23.7. The highest BCUT2D eigenvalue weighted by Gasteiger charge is 2.37. The molecule has 0 unspecified atom stereocenters. The van der Waals surface area contributed by atoms with E-state index in [4.69, 9.17) is 4.74 Å². The predicted octanol–water partition coefficient (Wildman–Crippen LogP) is 6.85. The van der Waals surface area contributed by atoms with E-state index in [1.807, 2.05) is 12.1 Å². The minimum atomic E-state index is -0.967. The van der Waals surface area contributed by atoms with Crippen molar-refractivity contribution in [1.29, 1.82) is 0 Å². The summed E-state index contributed by atoms with van der Waals surface area (Å²) in [7, 11) is 1.37. The summed E-state index contributed by atoms with van der Waals surface area (Å²) in [6.45, 7) is 9.20. The average molecular weight is 443 g/mol. The molecule has 4 rings (SSSR count). The Morgan fingerprint density at radius 1 is 0.697 bits per heavy atom. The highest BCUT2D eigenvalue weighted by molar-refractivity contribution is 5.94. The third-order valence-corrected chi connectivity index (χ3v) is 7.01. The van der Waals surface area contributed by atoms with E-state index in [2.05, 4.69) is 45.9 Å². The smallest absolute Gasteiger partial charge is 0.337 e. The van der Waals surface area contributed by atoms with Gasteiger partial charge < -0.3 is 9.84 Å². The number of fused-ring (bicyclic) bond motifs is 1. The normalized spacial score (nSPS) is 16.0. The number of ether oxygens (including phenoxy) is 1. The maximum atomic E-state index is 12.4. The molecule has 3 aromatic carbocycles. The lowest BCUT2D eigenvalue weighted by Crippen LogP contribution is -2.33. The Kier molecular flexibility index (Phi) is 5.65. The molecular weight excluding hydrogens is 412 g/mol.